The Morgan fingerprint density at radius 2 is 1.72 bits per heavy atom. The summed E-state index contributed by atoms with van der Waals surface area (Å²) in [5, 5.41) is 7.75. The normalized spacial score (nSPS) is 10.7. The molecule has 32 heavy (non-hydrogen) atoms. The molecule has 0 saturated carbocycles. The monoisotopic (exact) mass is 448 g/mol. The van der Waals surface area contributed by atoms with Crippen LogP contribution in [0.2, 0.25) is 0 Å². The van der Waals surface area contributed by atoms with Gasteiger partial charge in [-0.05, 0) is 43.3 Å². The van der Waals surface area contributed by atoms with Crippen LogP contribution >= 0.6 is 11.3 Å². The maximum Gasteiger partial charge on any atom is 0.339 e. The van der Waals surface area contributed by atoms with Gasteiger partial charge in [-0.1, -0.05) is 18.2 Å². The lowest BCUT2D eigenvalue weighted by molar-refractivity contribution is -0.116. The van der Waals surface area contributed by atoms with Crippen molar-refractivity contribution in [2.45, 2.75) is 13.5 Å². The number of anilines is 3. The van der Waals surface area contributed by atoms with Crippen molar-refractivity contribution < 1.29 is 14.3 Å². The molecular weight excluding hydrogens is 428 g/mol. The Kier molecular flexibility index (Phi) is 6.27. The molecule has 1 amide bonds. The molecule has 8 nitrogen and oxygen atoms in total. The molecular formula is C23H20N4O4S. The Morgan fingerprint density at radius 3 is 2.44 bits per heavy atom. The standard InChI is InChI=1S/C23H20N4O4S/c1-2-31-23(30)18-13-32-21-20(18)22(29)27(14-24-21)12-19(28)26-17-10-8-16(9-11-17)25-15-6-4-3-5-7-15/h3-11,13-14,25H,2,12H2,1H3,(H,26,28). The number of esters is 1. The Hall–Kier alpha value is -3.98. The van der Waals surface area contributed by atoms with Crippen LogP contribution in [-0.4, -0.2) is 28.0 Å². The zero-order valence-electron chi connectivity index (χ0n) is 17.2. The number of para-hydroxylation sites is 1. The molecule has 0 bridgehead atoms. The molecule has 4 rings (SSSR count). The number of fused-ring (bicyclic) bond motifs is 1. The molecule has 162 valence electrons. The van der Waals surface area contributed by atoms with Gasteiger partial charge in [0.15, 0.2) is 0 Å². The van der Waals surface area contributed by atoms with E-state index in [0.29, 0.717) is 10.5 Å². The molecule has 0 fully saturated rings. The van der Waals surface area contributed by atoms with Gasteiger partial charge in [-0.15, -0.1) is 11.3 Å². The van der Waals surface area contributed by atoms with Crippen molar-refractivity contribution >= 4 is 50.5 Å². The van der Waals surface area contributed by atoms with E-state index < -0.39 is 11.5 Å². The first-order chi connectivity index (χ1) is 15.5. The Balaban J connectivity index is 1.46. The van der Waals surface area contributed by atoms with Gasteiger partial charge in [0, 0.05) is 22.4 Å². The number of ether oxygens (including phenoxy) is 1. The van der Waals surface area contributed by atoms with Crippen LogP contribution in [0.1, 0.15) is 17.3 Å². The summed E-state index contributed by atoms with van der Waals surface area (Å²) in [6, 6.07) is 17.0. The van der Waals surface area contributed by atoms with Gasteiger partial charge in [0.2, 0.25) is 5.91 Å². The molecule has 2 aromatic carbocycles. The Bertz CT molecular complexity index is 1310. The van der Waals surface area contributed by atoms with Crippen LogP contribution in [0.15, 0.2) is 71.1 Å². The van der Waals surface area contributed by atoms with E-state index in [1.165, 1.54) is 22.2 Å². The van der Waals surface area contributed by atoms with Gasteiger partial charge >= 0.3 is 5.97 Å². The second-order valence-electron chi connectivity index (χ2n) is 6.84. The Morgan fingerprint density at radius 1 is 1.03 bits per heavy atom. The third kappa shape index (κ3) is 4.68. The van der Waals surface area contributed by atoms with E-state index in [2.05, 4.69) is 15.6 Å². The molecule has 0 saturated heterocycles. The van der Waals surface area contributed by atoms with E-state index in [-0.39, 0.29) is 30.0 Å². The van der Waals surface area contributed by atoms with Crippen LogP contribution in [0.4, 0.5) is 17.1 Å². The summed E-state index contributed by atoms with van der Waals surface area (Å²) >= 11 is 1.18. The third-order valence-electron chi connectivity index (χ3n) is 4.60. The molecule has 0 unspecified atom stereocenters. The number of rotatable bonds is 7. The lowest BCUT2D eigenvalue weighted by Crippen LogP contribution is -2.28. The van der Waals surface area contributed by atoms with E-state index in [0.717, 1.165) is 11.4 Å². The Labute approximate surface area is 187 Å². The average molecular weight is 449 g/mol. The topological polar surface area (TPSA) is 102 Å². The molecule has 4 aromatic rings. The summed E-state index contributed by atoms with van der Waals surface area (Å²) in [5.41, 5.74) is 2.14. The molecule has 0 aliphatic heterocycles. The number of aromatic nitrogens is 2. The minimum absolute atomic E-state index is 0.167. The highest BCUT2D eigenvalue weighted by molar-refractivity contribution is 7.17. The molecule has 2 heterocycles. The van der Waals surface area contributed by atoms with Gasteiger partial charge in [-0.25, -0.2) is 9.78 Å². The van der Waals surface area contributed by atoms with Gasteiger partial charge in [-0.3, -0.25) is 14.2 Å². The van der Waals surface area contributed by atoms with Crippen molar-refractivity contribution in [1.82, 2.24) is 9.55 Å². The van der Waals surface area contributed by atoms with Crippen LogP contribution in [-0.2, 0) is 16.1 Å². The highest BCUT2D eigenvalue weighted by atomic mass is 32.1. The van der Waals surface area contributed by atoms with Crippen molar-refractivity contribution in [3.05, 3.63) is 82.2 Å². The van der Waals surface area contributed by atoms with Crippen molar-refractivity contribution in [3.8, 4) is 0 Å². The molecule has 0 spiro atoms. The van der Waals surface area contributed by atoms with Gasteiger partial charge < -0.3 is 15.4 Å². The van der Waals surface area contributed by atoms with Gasteiger partial charge in [0.25, 0.3) is 5.56 Å². The van der Waals surface area contributed by atoms with Crippen LogP contribution in [0.5, 0.6) is 0 Å². The lowest BCUT2D eigenvalue weighted by atomic mass is 10.2. The van der Waals surface area contributed by atoms with E-state index in [4.69, 9.17) is 4.74 Å². The molecule has 9 heteroatoms. The quantitative estimate of drug-likeness (QED) is 0.414. The number of carbonyl (C=O) groups excluding carboxylic acids is 2. The lowest BCUT2D eigenvalue weighted by Gasteiger charge is -2.10. The number of amides is 1. The van der Waals surface area contributed by atoms with Crippen LogP contribution < -0.4 is 16.2 Å². The van der Waals surface area contributed by atoms with Gasteiger partial charge in [0.05, 0.1) is 23.9 Å². The zero-order chi connectivity index (χ0) is 22.5. The zero-order valence-corrected chi connectivity index (χ0v) is 18.0. The first kappa shape index (κ1) is 21.3. The fraction of sp³-hybridized carbons (Fsp3) is 0.130. The predicted molar refractivity (Wildman–Crippen MR) is 125 cm³/mol. The van der Waals surface area contributed by atoms with Gasteiger partial charge in [-0.2, -0.15) is 0 Å². The maximum atomic E-state index is 12.9. The summed E-state index contributed by atoms with van der Waals surface area (Å²) in [6.07, 6.45) is 1.31. The summed E-state index contributed by atoms with van der Waals surface area (Å²) in [7, 11) is 0. The van der Waals surface area contributed by atoms with Crippen LogP contribution in [0.25, 0.3) is 10.2 Å². The van der Waals surface area contributed by atoms with Crippen molar-refractivity contribution in [1.29, 1.82) is 0 Å². The first-order valence-corrected chi connectivity index (χ1v) is 10.8. The number of hydrogen-bond donors (Lipinski definition) is 2. The minimum Gasteiger partial charge on any atom is -0.462 e. The van der Waals surface area contributed by atoms with Crippen molar-refractivity contribution in [3.63, 3.8) is 0 Å². The van der Waals surface area contributed by atoms with Crippen LogP contribution in [0.3, 0.4) is 0 Å². The summed E-state index contributed by atoms with van der Waals surface area (Å²) in [6.45, 7) is 1.66. The highest BCUT2D eigenvalue weighted by Crippen LogP contribution is 2.22. The number of thiophene rings is 1. The predicted octanol–water partition coefficient (Wildman–Crippen LogP) is 4.02. The summed E-state index contributed by atoms with van der Waals surface area (Å²) in [5.74, 6) is -0.964. The number of nitrogens with one attached hydrogen (secondary N) is 2. The smallest absolute Gasteiger partial charge is 0.339 e. The number of hydrogen-bond acceptors (Lipinski definition) is 7. The maximum absolute atomic E-state index is 12.9. The van der Waals surface area contributed by atoms with E-state index in [9.17, 15) is 14.4 Å². The SMILES string of the molecule is CCOC(=O)c1csc2ncn(CC(=O)Nc3ccc(Nc4ccccc4)cc3)c(=O)c12. The fourth-order valence-electron chi connectivity index (χ4n) is 3.12. The van der Waals surface area contributed by atoms with Gasteiger partial charge in [0.1, 0.15) is 11.4 Å². The molecule has 0 radical (unpaired) electrons. The van der Waals surface area contributed by atoms with Crippen molar-refractivity contribution in [2.75, 3.05) is 17.2 Å². The molecule has 2 aromatic heterocycles. The van der Waals surface area contributed by atoms with E-state index in [1.807, 2.05) is 42.5 Å². The molecule has 0 aliphatic carbocycles. The second kappa shape index (κ2) is 9.44. The van der Waals surface area contributed by atoms with Crippen molar-refractivity contribution in [2.24, 2.45) is 0 Å². The minimum atomic E-state index is -0.580. The molecule has 2 N–H and O–H groups in total. The molecule has 0 aliphatic rings. The second-order valence-corrected chi connectivity index (χ2v) is 7.70. The molecule has 0 atom stereocenters. The summed E-state index contributed by atoms with van der Waals surface area (Å²) < 4.78 is 6.18. The number of nitrogens with zero attached hydrogens (tertiary/aromatic N) is 2. The average Bonchev–Trinajstić information content (AvgIpc) is 3.23. The fourth-order valence-corrected chi connectivity index (χ4v) is 3.99. The largest absolute Gasteiger partial charge is 0.462 e. The van der Waals surface area contributed by atoms with Crippen LogP contribution in [0, 0.1) is 0 Å². The summed E-state index contributed by atoms with van der Waals surface area (Å²) in [4.78, 5) is 42.1. The first-order valence-electron chi connectivity index (χ1n) is 9.91. The third-order valence-corrected chi connectivity index (χ3v) is 5.49. The number of benzene rings is 2. The van der Waals surface area contributed by atoms with E-state index >= 15 is 0 Å². The van der Waals surface area contributed by atoms with E-state index in [1.54, 1.807) is 24.4 Å². The highest BCUT2D eigenvalue weighted by Gasteiger charge is 2.19. The number of carbonyl (C=O) groups is 2.